The van der Waals surface area contributed by atoms with Crippen LogP contribution in [0.15, 0.2) is 30.3 Å². The lowest BCUT2D eigenvalue weighted by atomic mass is 10.2. The highest BCUT2D eigenvalue weighted by atomic mass is 35.5. The van der Waals surface area contributed by atoms with Crippen molar-refractivity contribution in [2.45, 2.75) is 6.42 Å². The van der Waals surface area contributed by atoms with Crippen LogP contribution in [0, 0.1) is 0 Å². The molecule has 1 aromatic carbocycles. The fourth-order valence-electron chi connectivity index (χ4n) is 1.65. The molecule has 0 aliphatic carbocycles. The average Bonchev–Trinajstić information content (AvgIpc) is 2.79. The first-order valence-corrected chi connectivity index (χ1v) is 6.45. The zero-order valence-corrected chi connectivity index (χ0v) is 12.3. The summed E-state index contributed by atoms with van der Waals surface area (Å²) in [5.74, 6) is -0.697. The number of esters is 2. The van der Waals surface area contributed by atoms with E-state index in [9.17, 15) is 9.59 Å². The van der Waals surface area contributed by atoms with E-state index in [1.807, 2.05) is 0 Å². The molecule has 2 aromatic rings. The summed E-state index contributed by atoms with van der Waals surface area (Å²) in [7, 11) is 2.91. The largest absolute Gasteiger partial charge is 0.469 e. The van der Waals surface area contributed by atoms with Crippen molar-refractivity contribution in [3.63, 3.8) is 0 Å². The van der Waals surface area contributed by atoms with Gasteiger partial charge in [-0.15, -0.1) is 0 Å². The molecule has 0 spiro atoms. The van der Waals surface area contributed by atoms with E-state index in [4.69, 9.17) is 16.3 Å². The minimum absolute atomic E-state index is 0.0167. The molecule has 0 saturated heterocycles. The van der Waals surface area contributed by atoms with Gasteiger partial charge in [-0.05, 0) is 24.3 Å². The molecular weight excluding hydrogens is 296 g/mol. The molecule has 0 bridgehead atoms. The molecule has 1 heterocycles. The number of aryl methyl sites for hydroxylation is 1. The number of rotatable bonds is 4. The lowest BCUT2D eigenvalue weighted by Crippen LogP contribution is -2.10. The maximum atomic E-state index is 12.0. The Kier molecular flexibility index (Phi) is 4.59. The lowest BCUT2D eigenvalue weighted by molar-refractivity contribution is -0.139. The van der Waals surface area contributed by atoms with Gasteiger partial charge in [0.15, 0.2) is 0 Å². The van der Waals surface area contributed by atoms with Gasteiger partial charge in [0.1, 0.15) is 0 Å². The quantitative estimate of drug-likeness (QED) is 0.808. The third kappa shape index (κ3) is 3.82. The lowest BCUT2D eigenvalue weighted by Gasteiger charge is -2.03. The monoisotopic (exact) mass is 308 g/mol. The van der Waals surface area contributed by atoms with Crippen LogP contribution >= 0.6 is 11.6 Å². The van der Waals surface area contributed by atoms with Crippen molar-refractivity contribution in [1.82, 2.24) is 9.78 Å². The summed E-state index contributed by atoms with van der Waals surface area (Å²) in [6.07, 6.45) is 0.0167. The molecule has 0 amide bonds. The smallest absolute Gasteiger partial charge is 0.344 e. The van der Waals surface area contributed by atoms with Crippen LogP contribution in [-0.4, -0.2) is 28.8 Å². The number of ether oxygens (including phenoxy) is 2. The zero-order valence-electron chi connectivity index (χ0n) is 11.5. The summed E-state index contributed by atoms with van der Waals surface area (Å²) in [6.45, 7) is 0. The van der Waals surface area contributed by atoms with E-state index in [1.165, 1.54) is 17.9 Å². The predicted octanol–water partition coefficient (Wildman–Crippen LogP) is 2.01. The summed E-state index contributed by atoms with van der Waals surface area (Å²) in [6, 6.07) is 7.85. The molecule has 0 unspecified atom stereocenters. The van der Waals surface area contributed by atoms with Crippen molar-refractivity contribution >= 4 is 23.5 Å². The van der Waals surface area contributed by atoms with E-state index in [0.717, 1.165) is 0 Å². The third-order valence-corrected chi connectivity index (χ3v) is 2.97. The van der Waals surface area contributed by atoms with Crippen LogP contribution in [0.5, 0.6) is 5.88 Å². The minimum atomic E-state index is -0.528. The van der Waals surface area contributed by atoms with Crippen molar-refractivity contribution in [3.05, 3.63) is 46.6 Å². The number of benzene rings is 1. The molecule has 0 saturated carbocycles. The fraction of sp³-hybridized carbons (Fsp3) is 0.214. The van der Waals surface area contributed by atoms with Gasteiger partial charge in [-0.1, -0.05) is 11.6 Å². The third-order valence-electron chi connectivity index (χ3n) is 2.72. The van der Waals surface area contributed by atoms with Crippen LogP contribution in [0.3, 0.4) is 0 Å². The molecule has 0 aliphatic heterocycles. The summed E-state index contributed by atoms with van der Waals surface area (Å²) in [5, 5.41) is 4.61. The highest BCUT2D eigenvalue weighted by Crippen LogP contribution is 2.16. The van der Waals surface area contributed by atoms with Crippen molar-refractivity contribution in [3.8, 4) is 5.88 Å². The second-order valence-electron chi connectivity index (χ2n) is 4.25. The number of aromatic nitrogens is 2. The maximum Gasteiger partial charge on any atom is 0.344 e. The molecule has 21 heavy (non-hydrogen) atoms. The summed E-state index contributed by atoms with van der Waals surface area (Å²) >= 11 is 5.76. The molecule has 0 radical (unpaired) electrons. The Morgan fingerprint density at radius 1 is 1.29 bits per heavy atom. The van der Waals surface area contributed by atoms with Gasteiger partial charge in [0, 0.05) is 18.1 Å². The van der Waals surface area contributed by atoms with Gasteiger partial charge in [-0.25, -0.2) is 9.48 Å². The summed E-state index contributed by atoms with van der Waals surface area (Å²) < 4.78 is 11.2. The van der Waals surface area contributed by atoms with Crippen LogP contribution < -0.4 is 4.74 Å². The zero-order chi connectivity index (χ0) is 15.4. The van der Waals surface area contributed by atoms with Gasteiger partial charge in [0.05, 0.1) is 24.8 Å². The van der Waals surface area contributed by atoms with Crippen LogP contribution in [0.4, 0.5) is 0 Å². The van der Waals surface area contributed by atoms with Crippen molar-refractivity contribution in [1.29, 1.82) is 0 Å². The fourth-order valence-corrected chi connectivity index (χ4v) is 1.77. The van der Waals surface area contributed by atoms with Gasteiger partial charge in [0.2, 0.25) is 5.88 Å². The van der Waals surface area contributed by atoms with Crippen LogP contribution in [-0.2, 0) is 23.0 Å². The standard InChI is InChI=1S/C14H13ClN2O4/c1-17-12(7-11(16-17)8-13(18)20-2)21-14(19)9-3-5-10(15)6-4-9/h3-7H,8H2,1-2H3. The Morgan fingerprint density at radius 2 is 1.95 bits per heavy atom. The minimum Gasteiger partial charge on any atom is -0.469 e. The van der Waals surface area contributed by atoms with E-state index in [2.05, 4.69) is 9.84 Å². The molecular formula is C14H13ClN2O4. The molecule has 0 atom stereocenters. The van der Waals surface area contributed by atoms with Gasteiger partial charge in [-0.2, -0.15) is 5.10 Å². The van der Waals surface area contributed by atoms with Crippen LogP contribution in [0.1, 0.15) is 16.1 Å². The Morgan fingerprint density at radius 3 is 2.57 bits per heavy atom. The van der Waals surface area contributed by atoms with E-state index >= 15 is 0 Å². The molecule has 110 valence electrons. The number of nitrogens with zero attached hydrogens (tertiary/aromatic N) is 2. The highest BCUT2D eigenvalue weighted by Gasteiger charge is 2.14. The van der Waals surface area contributed by atoms with Gasteiger partial charge in [-0.3, -0.25) is 4.79 Å². The van der Waals surface area contributed by atoms with E-state index in [0.29, 0.717) is 16.3 Å². The van der Waals surface area contributed by atoms with Gasteiger partial charge < -0.3 is 9.47 Å². The van der Waals surface area contributed by atoms with E-state index in [1.54, 1.807) is 31.3 Å². The Labute approximate surface area is 126 Å². The van der Waals surface area contributed by atoms with E-state index in [-0.39, 0.29) is 12.3 Å². The first-order chi connectivity index (χ1) is 9.99. The molecule has 0 aliphatic rings. The number of hydrogen-bond donors (Lipinski definition) is 0. The van der Waals surface area contributed by atoms with Crippen molar-refractivity contribution in [2.24, 2.45) is 7.05 Å². The first-order valence-electron chi connectivity index (χ1n) is 6.07. The molecule has 6 nitrogen and oxygen atoms in total. The summed E-state index contributed by atoms with van der Waals surface area (Å²) in [4.78, 5) is 23.2. The maximum absolute atomic E-state index is 12.0. The topological polar surface area (TPSA) is 70.4 Å². The SMILES string of the molecule is COC(=O)Cc1cc(OC(=O)c2ccc(Cl)cc2)n(C)n1. The molecule has 0 N–H and O–H groups in total. The first kappa shape index (κ1) is 15.1. The van der Waals surface area contributed by atoms with Crippen molar-refractivity contribution < 1.29 is 19.1 Å². The number of carbonyl (C=O) groups is 2. The molecule has 1 aromatic heterocycles. The Balaban J connectivity index is 2.10. The Hall–Kier alpha value is -2.34. The normalized spacial score (nSPS) is 10.2. The number of hydrogen-bond acceptors (Lipinski definition) is 5. The van der Waals surface area contributed by atoms with Gasteiger partial charge in [0.25, 0.3) is 0 Å². The molecule has 0 fully saturated rings. The number of methoxy groups -OCH3 is 1. The van der Waals surface area contributed by atoms with E-state index < -0.39 is 11.9 Å². The van der Waals surface area contributed by atoms with Crippen LogP contribution in [0.25, 0.3) is 0 Å². The Bertz CT molecular complexity index is 664. The predicted molar refractivity (Wildman–Crippen MR) is 75.3 cm³/mol. The highest BCUT2D eigenvalue weighted by molar-refractivity contribution is 6.30. The number of carbonyl (C=O) groups excluding carboxylic acids is 2. The number of halogens is 1. The summed E-state index contributed by atoms with van der Waals surface area (Å²) in [5.41, 5.74) is 0.832. The van der Waals surface area contributed by atoms with Crippen LogP contribution in [0.2, 0.25) is 5.02 Å². The van der Waals surface area contributed by atoms with Gasteiger partial charge >= 0.3 is 11.9 Å². The van der Waals surface area contributed by atoms with Crippen molar-refractivity contribution in [2.75, 3.05) is 7.11 Å². The average molecular weight is 309 g/mol. The second-order valence-corrected chi connectivity index (χ2v) is 4.68. The molecule has 7 heteroatoms. The molecule has 2 rings (SSSR count). The second kappa shape index (κ2) is 6.41.